The molecule has 7 nitrogen and oxygen atoms in total. The molecule has 4 amide bonds. The van der Waals surface area contributed by atoms with Crippen molar-refractivity contribution in [1.29, 1.82) is 0 Å². The zero-order valence-corrected chi connectivity index (χ0v) is 18.5. The Kier molecular flexibility index (Phi) is 5.79. The number of amides is 4. The normalized spacial score (nSPS) is 13.5. The molecule has 0 saturated heterocycles. The van der Waals surface area contributed by atoms with E-state index in [0.717, 1.165) is 10.5 Å². The van der Waals surface area contributed by atoms with Gasteiger partial charge in [-0.25, -0.2) is 0 Å². The van der Waals surface area contributed by atoms with Crippen molar-refractivity contribution < 1.29 is 19.2 Å². The fraction of sp³-hybridized carbons (Fsp3) is 0.154. The third-order valence-electron chi connectivity index (χ3n) is 5.90. The van der Waals surface area contributed by atoms with Crippen LogP contribution in [-0.2, 0) is 0 Å². The molecular weight excluding hydrogens is 418 g/mol. The number of nitrogens with one attached hydrogen (secondary N) is 1. The number of anilines is 1. The average Bonchev–Trinajstić information content (AvgIpc) is 3.06. The molecule has 1 aliphatic heterocycles. The fourth-order valence-electron chi connectivity index (χ4n) is 3.77. The van der Waals surface area contributed by atoms with Crippen LogP contribution in [0.25, 0.3) is 0 Å². The first kappa shape index (κ1) is 22.0. The molecule has 0 unspecified atom stereocenters. The first-order valence-electron chi connectivity index (χ1n) is 10.5. The van der Waals surface area contributed by atoms with Crippen LogP contribution in [0.2, 0.25) is 0 Å². The molecule has 0 spiro atoms. The van der Waals surface area contributed by atoms with Gasteiger partial charge in [0.25, 0.3) is 23.6 Å². The van der Waals surface area contributed by atoms with Crippen LogP contribution in [0, 0.1) is 0 Å². The lowest BCUT2D eigenvalue weighted by Gasteiger charge is -2.26. The standard InChI is InChI=1S/C26H23N3O4/c1-16(18-10-7-11-20(14-18)27-23(30)17-8-5-4-6-9-17)28(2)24(31)19-12-13-21-22(15-19)26(33)29(3)25(21)32/h4-16H,1-3H3,(H,27,30)/t16-/m1/s1. The highest BCUT2D eigenvalue weighted by atomic mass is 16.2. The number of imide groups is 1. The highest BCUT2D eigenvalue weighted by Gasteiger charge is 2.33. The Morgan fingerprint density at radius 2 is 1.55 bits per heavy atom. The lowest BCUT2D eigenvalue weighted by molar-refractivity contribution is 0.0691. The van der Waals surface area contributed by atoms with Crippen LogP contribution in [0.3, 0.4) is 0 Å². The Balaban J connectivity index is 1.52. The maximum atomic E-state index is 13.1. The second kappa shape index (κ2) is 8.70. The van der Waals surface area contributed by atoms with E-state index < -0.39 is 5.91 Å². The number of rotatable bonds is 5. The number of nitrogens with zero attached hydrogens (tertiary/aromatic N) is 2. The SMILES string of the molecule is C[C@H](c1cccc(NC(=O)c2ccccc2)c1)N(C)C(=O)c1ccc2c(c1)C(=O)N(C)C2=O. The quantitative estimate of drug-likeness (QED) is 0.607. The minimum atomic E-state index is -0.415. The van der Waals surface area contributed by atoms with Crippen LogP contribution in [0.1, 0.15) is 60.0 Å². The summed E-state index contributed by atoms with van der Waals surface area (Å²) in [4.78, 5) is 52.6. The van der Waals surface area contributed by atoms with Crippen LogP contribution in [-0.4, -0.2) is 47.5 Å². The molecule has 0 aromatic heterocycles. The predicted octanol–water partition coefficient (Wildman–Crippen LogP) is 4.00. The molecule has 1 aliphatic rings. The smallest absolute Gasteiger partial charge is 0.261 e. The molecule has 0 saturated carbocycles. The zero-order chi connectivity index (χ0) is 23.7. The number of hydrogen-bond donors (Lipinski definition) is 1. The van der Waals surface area contributed by atoms with Gasteiger partial charge in [-0.3, -0.25) is 24.1 Å². The Morgan fingerprint density at radius 1 is 0.848 bits per heavy atom. The molecule has 7 heteroatoms. The van der Waals surface area contributed by atoms with E-state index in [-0.39, 0.29) is 29.3 Å². The maximum Gasteiger partial charge on any atom is 0.261 e. The largest absolute Gasteiger partial charge is 0.335 e. The molecule has 3 aromatic carbocycles. The minimum absolute atomic E-state index is 0.216. The lowest BCUT2D eigenvalue weighted by Crippen LogP contribution is -2.30. The topological polar surface area (TPSA) is 86.8 Å². The van der Waals surface area contributed by atoms with E-state index in [0.29, 0.717) is 22.4 Å². The number of fused-ring (bicyclic) bond motifs is 1. The highest BCUT2D eigenvalue weighted by molar-refractivity contribution is 6.21. The number of benzene rings is 3. The summed E-state index contributed by atoms with van der Waals surface area (Å²) in [5.41, 5.74) is 2.88. The number of hydrogen-bond acceptors (Lipinski definition) is 4. The van der Waals surface area contributed by atoms with E-state index in [4.69, 9.17) is 0 Å². The van der Waals surface area contributed by atoms with Crippen molar-refractivity contribution in [3.8, 4) is 0 Å². The van der Waals surface area contributed by atoms with E-state index in [1.54, 1.807) is 48.3 Å². The summed E-state index contributed by atoms with van der Waals surface area (Å²) >= 11 is 0. The third kappa shape index (κ3) is 4.13. The van der Waals surface area contributed by atoms with Crippen molar-refractivity contribution in [2.45, 2.75) is 13.0 Å². The van der Waals surface area contributed by atoms with Gasteiger partial charge in [0.05, 0.1) is 17.2 Å². The molecule has 0 fully saturated rings. The average molecular weight is 441 g/mol. The van der Waals surface area contributed by atoms with Crippen LogP contribution >= 0.6 is 0 Å². The predicted molar refractivity (Wildman–Crippen MR) is 124 cm³/mol. The molecule has 166 valence electrons. The van der Waals surface area contributed by atoms with E-state index in [1.807, 2.05) is 31.2 Å². The molecule has 0 aliphatic carbocycles. The maximum absolute atomic E-state index is 13.1. The summed E-state index contributed by atoms with van der Waals surface area (Å²) in [7, 11) is 3.10. The van der Waals surface area contributed by atoms with Crippen molar-refractivity contribution in [2.75, 3.05) is 19.4 Å². The van der Waals surface area contributed by atoms with Gasteiger partial charge in [-0.1, -0.05) is 30.3 Å². The molecule has 1 heterocycles. The Morgan fingerprint density at radius 3 is 2.27 bits per heavy atom. The van der Waals surface area contributed by atoms with E-state index in [1.165, 1.54) is 19.2 Å². The highest BCUT2D eigenvalue weighted by Crippen LogP contribution is 2.26. The van der Waals surface area contributed by atoms with Gasteiger partial charge >= 0.3 is 0 Å². The van der Waals surface area contributed by atoms with Crippen molar-refractivity contribution >= 4 is 29.3 Å². The van der Waals surface area contributed by atoms with E-state index >= 15 is 0 Å². The van der Waals surface area contributed by atoms with E-state index in [9.17, 15) is 19.2 Å². The van der Waals surface area contributed by atoms with Crippen LogP contribution in [0.5, 0.6) is 0 Å². The van der Waals surface area contributed by atoms with Gasteiger partial charge in [0, 0.05) is 30.9 Å². The molecule has 0 bridgehead atoms. The second-order valence-electron chi connectivity index (χ2n) is 7.97. The van der Waals surface area contributed by atoms with Crippen molar-refractivity contribution in [3.05, 3.63) is 101 Å². The summed E-state index contributed by atoms with van der Waals surface area (Å²) in [5, 5.41) is 2.88. The molecule has 0 radical (unpaired) electrons. The van der Waals surface area contributed by atoms with Crippen LogP contribution < -0.4 is 5.32 Å². The van der Waals surface area contributed by atoms with Gasteiger partial charge in [-0.15, -0.1) is 0 Å². The van der Waals surface area contributed by atoms with Gasteiger partial charge in [-0.2, -0.15) is 0 Å². The molecule has 33 heavy (non-hydrogen) atoms. The number of carbonyl (C=O) groups is 4. The first-order chi connectivity index (χ1) is 15.8. The second-order valence-corrected chi connectivity index (χ2v) is 7.97. The van der Waals surface area contributed by atoms with E-state index in [2.05, 4.69) is 5.32 Å². The van der Waals surface area contributed by atoms with Gasteiger partial charge < -0.3 is 10.2 Å². The Labute approximate surface area is 191 Å². The number of carbonyl (C=O) groups excluding carboxylic acids is 4. The minimum Gasteiger partial charge on any atom is -0.335 e. The Hall–Kier alpha value is -4.26. The van der Waals surface area contributed by atoms with Crippen molar-refractivity contribution in [1.82, 2.24) is 9.80 Å². The summed E-state index contributed by atoms with van der Waals surface area (Å²) in [5.74, 6) is -1.28. The monoisotopic (exact) mass is 441 g/mol. The Bertz CT molecular complexity index is 1270. The molecular formula is C26H23N3O4. The van der Waals surface area contributed by atoms with Crippen LogP contribution in [0.15, 0.2) is 72.8 Å². The molecule has 1 N–H and O–H groups in total. The summed E-state index contributed by atoms with van der Waals surface area (Å²) in [6, 6.07) is 20.5. The van der Waals surface area contributed by atoms with Crippen molar-refractivity contribution in [3.63, 3.8) is 0 Å². The lowest BCUT2D eigenvalue weighted by atomic mass is 10.0. The van der Waals surface area contributed by atoms with Gasteiger partial charge in [0.1, 0.15) is 0 Å². The van der Waals surface area contributed by atoms with Gasteiger partial charge in [0.15, 0.2) is 0 Å². The summed E-state index contributed by atoms with van der Waals surface area (Å²) in [6.45, 7) is 1.88. The zero-order valence-electron chi connectivity index (χ0n) is 18.5. The molecule has 1 atom stereocenters. The third-order valence-corrected chi connectivity index (χ3v) is 5.90. The summed E-state index contributed by atoms with van der Waals surface area (Å²) in [6.07, 6.45) is 0. The van der Waals surface area contributed by atoms with Crippen molar-refractivity contribution in [2.24, 2.45) is 0 Å². The van der Waals surface area contributed by atoms with Crippen LogP contribution in [0.4, 0.5) is 5.69 Å². The fourth-order valence-corrected chi connectivity index (χ4v) is 3.77. The first-order valence-corrected chi connectivity index (χ1v) is 10.5. The van der Waals surface area contributed by atoms with Gasteiger partial charge in [0.2, 0.25) is 0 Å². The molecule has 3 aromatic rings. The molecule has 4 rings (SSSR count). The summed E-state index contributed by atoms with van der Waals surface area (Å²) < 4.78 is 0. The van der Waals surface area contributed by atoms with Gasteiger partial charge in [-0.05, 0) is 55.0 Å².